The molecule has 0 heterocycles. The highest BCUT2D eigenvalue weighted by Crippen LogP contribution is 2.23. The van der Waals surface area contributed by atoms with Gasteiger partial charge in [0.25, 0.3) is 0 Å². The molecule has 0 atom stereocenters. The zero-order valence-corrected chi connectivity index (χ0v) is 8.31. The molecule has 78 valence electrons. The lowest BCUT2D eigenvalue weighted by molar-refractivity contribution is -0.135. The van der Waals surface area contributed by atoms with Gasteiger partial charge < -0.3 is 10.8 Å². The van der Waals surface area contributed by atoms with Gasteiger partial charge in [-0.05, 0) is 12.1 Å². The summed E-state index contributed by atoms with van der Waals surface area (Å²) in [7, 11) is 0. The second-order valence-electron chi connectivity index (χ2n) is 2.72. The van der Waals surface area contributed by atoms with E-state index in [4.69, 9.17) is 22.4 Å². The van der Waals surface area contributed by atoms with Crippen molar-refractivity contribution in [2.75, 3.05) is 5.73 Å². The van der Waals surface area contributed by atoms with Crippen LogP contribution in [0.5, 0.6) is 0 Å². The zero-order chi connectivity index (χ0) is 11.4. The lowest BCUT2D eigenvalue weighted by Gasteiger charge is -2.00. The molecule has 0 saturated carbocycles. The second kappa shape index (κ2) is 4.67. The third-order valence-electron chi connectivity index (χ3n) is 1.56. The molecule has 0 aliphatic rings. The Labute approximate surface area is 90.7 Å². The van der Waals surface area contributed by atoms with Crippen LogP contribution in [0.2, 0.25) is 5.02 Å². The minimum atomic E-state index is -1.05. The molecule has 0 saturated heterocycles. The summed E-state index contributed by atoms with van der Waals surface area (Å²) in [6, 6.07) is 2.18. The van der Waals surface area contributed by atoms with E-state index in [0.717, 1.165) is 12.1 Å². The van der Waals surface area contributed by atoms with E-state index in [1.165, 1.54) is 0 Å². The molecule has 3 N–H and O–H groups in total. The number of aliphatic carboxylic acids is 1. The molecular weight excluding hydrogens is 221 g/mol. The van der Waals surface area contributed by atoms with Crippen LogP contribution in [0.25, 0.3) is 0 Å². The van der Waals surface area contributed by atoms with Crippen LogP contribution in [0, 0.1) is 17.7 Å². The fourth-order valence-electron chi connectivity index (χ4n) is 0.903. The van der Waals surface area contributed by atoms with Crippen molar-refractivity contribution < 1.29 is 14.3 Å². The molecule has 0 amide bonds. The van der Waals surface area contributed by atoms with Crippen molar-refractivity contribution in [1.29, 1.82) is 0 Å². The Bertz CT molecular complexity index is 462. The standard InChI is InChI=1S/C10H7ClFNO2/c11-8-5-7(12)4-6(10(8)13)2-1-3-9(14)15/h4-5H,3,13H2,(H,14,15). The second-order valence-corrected chi connectivity index (χ2v) is 3.13. The Morgan fingerprint density at radius 3 is 2.87 bits per heavy atom. The number of hydrogen-bond donors (Lipinski definition) is 2. The minimum Gasteiger partial charge on any atom is -0.481 e. The molecule has 0 aliphatic carbocycles. The maximum atomic E-state index is 12.9. The van der Waals surface area contributed by atoms with Crippen LogP contribution < -0.4 is 5.73 Å². The lowest BCUT2D eigenvalue weighted by Crippen LogP contribution is -1.94. The van der Waals surface area contributed by atoms with Gasteiger partial charge in [-0.1, -0.05) is 23.4 Å². The summed E-state index contributed by atoms with van der Waals surface area (Å²) in [5.74, 6) is 3.17. The van der Waals surface area contributed by atoms with Crippen LogP contribution in [0.3, 0.4) is 0 Å². The molecule has 5 heteroatoms. The Morgan fingerprint density at radius 2 is 2.27 bits per heavy atom. The van der Waals surface area contributed by atoms with Crippen LogP contribution in [0.4, 0.5) is 10.1 Å². The van der Waals surface area contributed by atoms with Gasteiger partial charge >= 0.3 is 5.97 Å². The van der Waals surface area contributed by atoms with E-state index in [1.54, 1.807) is 0 Å². The number of nitrogens with two attached hydrogens (primary N) is 1. The van der Waals surface area contributed by atoms with E-state index in [0.29, 0.717) is 0 Å². The zero-order valence-electron chi connectivity index (χ0n) is 7.55. The number of carbonyl (C=O) groups is 1. The SMILES string of the molecule is Nc1c(Cl)cc(F)cc1C#CCC(=O)O. The smallest absolute Gasteiger partial charge is 0.315 e. The quantitative estimate of drug-likeness (QED) is 0.569. The maximum absolute atomic E-state index is 12.9. The highest BCUT2D eigenvalue weighted by atomic mass is 35.5. The van der Waals surface area contributed by atoms with Crippen LogP contribution >= 0.6 is 11.6 Å². The van der Waals surface area contributed by atoms with E-state index in [9.17, 15) is 9.18 Å². The van der Waals surface area contributed by atoms with Crippen molar-refractivity contribution in [3.63, 3.8) is 0 Å². The van der Waals surface area contributed by atoms with E-state index >= 15 is 0 Å². The van der Waals surface area contributed by atoms with Crippen LogP contribution in [0.1, 0.15) is 12.0 Å². The molecule has 0 aliphatic heterocycles. The Morgan fingerprint density at radius 1 is 1.60 bits per heavy atom. The average Bonchev–Trinajstić information content (AvgIpc) is 2.12. The molecule has 1 aromatic carbocycles. The van der Waals surface area contributed by atoms with Gasteiger partial charge in [0.05, 0.1) is 16.3 Å². The molecule has 3 nitrogen and oxygen atoms in total. The van der Waals surface area contributed by atoms with Crippen molar-refractivity contribution in [2.45, 2.75) is 6.42 Å². The first-order valence-corrected chi connectivity index (χ1v) is 4.33. The van der Waals surface area contributed by atoms with Gasteiger partial charge in [-0.3, -0.25) is 4.79 Å². The number of benzene rings is 1. The van der Waals surface area contributed by atoms with Gasteiger partial charge in [-0.25, -0.2) is 4.39 Å². The van der Waals surface area contributed by atoms with Gasteiger partial charge in [0, 0.05) is 0 Å². The summed E-state index contributed by atoms with van der Waals surface area (Å²) in [6.07, 6.45) is -0.326. The first-order chi connectivity index (χ1) is 7.00. The van der Waals surface area contributed by atoms with Crippen LogP contribution in [-0.4, -0.2) is 11.1 Å². The Kier molecular flexibility index (Phi) is 3.53. The number of nitrogen functional groups attached to an aromatic ring is 1. The van der Waals surface area contributed by atoms with E-state index in [-0.39, 0.29) is 22.7 Å². The molecule has 0 unspecified atom stereocenters. The minimum absolute atomic E-state index is 0.0645. The predicted octanol–water partition coefficient (Wildman–Crippen LogP) is 1.89. The molecule has 0 spiro atoms. The number of hydrogen-bond acceptors (Lipinski definition) is 2. The Hall–Kier alpha value is -1.73. The van der Waals surface area contributed by atoms with Crippen molar-refractivity contribution in [2.24, 2.45) is 0 Å². The topological polar surface area (TPSA) is 63.3 Å². The van der Waals surface area contributed by atoms with Gasteiger partial charge in [-0.15, -0.1) is 0 Å². The third-order valence-corrected chi connectivity index (χ3v) is 1.87. The van der Waals surface area contributed by atoms with Gasteiger partial charge in [-0.2, -0.15) is 0 Å². The first-order valence-electron chi connectivity index (χ1n) is 3.96. The van der Waals surface area contributed by atoms with Crippen molar-refractivity contribution in [3.8, 4) is 11.8 Å². The summed E-state index contributed by atoms with van der Waals surface area (Å²) in [5, 5.41) is 8.40. The van der Waals surface area contributed by atoms with Crippen LogP contribution in [0.15, 0.2) is 12.1 Å². The summed E-state index contributed by atoms with van der Waals surface area (Å²) >= 11 is 5.61. The maximum Gasteiger partial charge on any atom is 0.315 e. The third kappa shape index (κ3) is 3.15. The predicted molar refractivity (Wildman–Crippen MR) is 55.0 cm³/mol. The fraction of sp³-hybridized carbons (Fsp3) is 0.100. The number of halogens is 2. The molecule has 0 bridgehead atoms. The van der Waals surface area contributed by atoms with Gasteiger partial charge in [0.1, 0.15) is 12.2 Å². The molecular formula is C10H7ClFNO2. The molecule has 1 aromatic rings. The highest BCUT2D eigenvalue weighted by Gasteiger charge is 2.04. The van der Waals surface area contributed by atoms with Gasteiger partial charge in [0.2, 0.25) is 0 Å². The molecule has 0 fully saturated rings. The van der Waals surface area contributed by atoms with Gasteiger partial charge in [0.15, 0.2) is 0 Å². The molecule has 0 aromatic heterocycles. The van der Waals surface area contributed by atoms with Crippen molar-refractivity contribution >= 4 is 23.3 Å². The largest absolute Gasteiger partial charge is 0.481 e. The lowest BCUT2D eigenvalue weighted by atomic mass is 10.2. The fourth-order valence-corrected chi connectivity index (χ4v) is 1.11. The summed E-state index contributed by atoms with van der Waals surface area (Å²) in [6.45, 7) is 0. The molecule has 0 radical (unpaired) electrons. The monoisotopic (exact) mass is 227 g/mol. The van der Waals surface area contributed by atoms with E-state index < -0.39 is 11.8 Å². The average molecular weight is 228 g/mol. The van der Waals surface area contributed by atoms with Crippen molar-refractivity contribution in [3.05, 3.63) is 28.5 Å². The Balaban J connectivity index is 3.02. The summed E-state index contributed by atoms with van der Waals surface area (Å²) in [5.41, 5.74) is 5.86. The number of rotatable bonds is 1. The summed E-state index contributed by atoms with van der Waals surface area (Å²) < 4.78 is 12.9. The van der Waals surface area contributed by atoms with Crippen LogP contribution in [-0.2, 0) is 4.79 Å². The normalized spacial score (nSPS) is 9.20. The van der Waals surface area contributed by atoms with E-state index in [1.807, 2.05) is 0 Å². The van der Waals surface area contributed by atoms with Crippen molar-refractivity contribution in [1.82, 2.24) is 0 Å². The first kappa shape index (κ1) is 11.3. The summed E-state index contributed by atoms with van der Waals surface area (Å²) in [4.78, 5) is 10.2. The molecule has 1 rings (SSSR count). The highest BCUT2D eigenvalue weighted by molar-refractivity contribution is 6.33. The number of carboxylic acid groups (broad SMARTS) is 1. The molecule has 15 heavy (non-hydrogen) atoms. The number of carboxylic acids is 1. The van der Waals surface area contributed by atoms with E-state index in [2.05, 4.69) is 11.8 Å². The number of anilines is 1.